The van der Waals surface area contributed by atoms with E-state index in [2.05, 4.69) is 38.6 Å². The van der Waals surface area contributed by atoms with E-state index in [1.54, 1.807) is 31.3 Å². The van der Waals surface area contributed by atoms with Gasteiger partial charge >= 0.3 is 5.97 Å². The van der Waals surface area contributed by atoms with Crippen LogP contribution in [0.25, 0.3) is 28.0 Å². The normalized spacial score (nSPS) is 10.5. The Balaban J connectivity index is 1.97. The monoisotopic (exact) mass is 436 g/mol. The van der Waals surface area contributed by atoms with Gasteiger partial charge in [-0.2, -0.15) is 5.10 Å². The zero-order chi connectivity index (χ0) is 23.6. The second-order valence-corrected chi connectivity index (χ2v) is 6.72. The van der Waals surface area contributed by atoms with Crippen molar-refractivity contribution in [3.05, 3.63) is 59.8 Å². The lowest BCUT2D eigenvalue weighted by Gasteiger charge is -2.10. The Bertz CT molecular complexity index is 1330. The molecule has 11 nitrogen and oxygen atoms in total. The molecule has 0 saturated carbocycles. The molecule has 0 radical (unpaired) electrons. The fourth-order valence-corrected chi connectivity index (χ4v) is 2.95. The lowest BCUT2D eigenvalue weighted by atomic mass is 10.1. The molecule has 0 fully saturated rings. The minimum absolute atomic E-state index is 0.147. The van der Waals surface area contributed by atoms with Gasteiger partial charge in [-0.05, 0) is 12.1 Å². The molecule has 3 aromatic rings. The van der Waals surface area contributed by atoms with Crippen molar-refractivity contribution >= 4 is 40.2 Å². The first-order valence-corrected chi connectivity index (χ1v) is 9.24. The maximum Gasteiger partial charge on any atom is 0.353 e. The second kappa shape index (κ2) is 8.68. The average molecular weight is 436 g/mol. The minimum Gasteiger partial charge on any atom is -0.464 e. The van der Waals surface area contributed by atoms with Gasteiger partial charge in [-0.15, -0.1) is 0 Å². The topological polar surface area (TPSA) is 137 Å². The molecule has 0 saturated heterocycles. The number of hydrogen-bond acceptors (Lipinski definition) is 7. The van der Waals surface area contributed by atoms with Crippen LogP contribution in [-0.2, 0) is 26.2 Å². The third-order valence-corrected chi connectivity index (χ3v) is 4.47. The summed E-state index contributed by atoms with van der Waals surface area (Å²) in [6.45, 7) is 8.42. The Morgan fingerprint density at radius 3 is 2.38 bits per heavy atom. The first-order valence-electron chi connectivity index (χ1n) is 9.24. The summed E-state index contributed by atoms with van der Waals surface area (Å²) >= 11 is 0. The first kappa shape index (κ1) is 22.2. The molecule has 164 valence electrons. The van der Waals surface area contributed by atoms with Crippen LogP contribution < -0.4 is 16.2 Å². The number of anilines is 1. The predicted molar refractivity (Wildman–Crippen MR) is 117 cm³/mol. The van der Waals surface area contributed by atoms with E-state index in [-0.39, 0.29) is 22.8 Å². The number of aryl methyl sites for hydroxylation is 1. The van der Waals surface area contributed by atoms with Crippen molar-refractivity contribution in [3.8, 4) is 11.3 Å². The van der Waals surface area contributed by atoms with Gasteiger partial charge in [0.2, 0.25) is 5.91 Å². The molecule has 0 aliphatic rings. The third-order valence-electron chi connectivity index (χ3n) is 4.47. The quantitative estimate of drug-likeness (QED) is 0.435. The molecule has 2 amide bonds. The number of amides is 2. The smallest absolute Gasteiger partial charge is 0.353 e. The Hall–Kier alpha value is -4.54. The lowest BCUT2D eigenvalue weighted by molar-refractivity contribution is -0.137. The number of nitrogens with zero attached hydrogens (tertiary/aromatic N) is 4. The standard InChI is InChI=1S/C21H20N6O5/c1-11(21(31)32-5)23-19(29)12(2)27-10-22-17-16(25-26(4)18(17)20(27)30)14-6-8-15(9-7-14)24-13(3)28/h6-10H,1-2H2,3-5H3,(H,23,29)(H,24,28). The van der Waals surface area contributed by atoms with Gasteiger partial charge in [-0.3, -0.25) is 23.6 Å². The number of methoxy groups -OCH3 is 1. The highest BCUT2D eigenvalue weighted by molar-refractivity contribution is 6.15. The van der Waals surface area contributed by atoms with E-state index in [4.69, 9.17) is 0 Å². The van der Waals surface area contributed by atoms with Crippen molar-refractivity contribution in [2.24, 2.45) is 7.05 Å². The van der Waals surface area contributed by atoms with Gasteiger partial charge in [0.1, 0.15) is 28.9 Å². The van der Waals surface area contributed by atoms with Gasteiger partial charge in [0.15, 0.2) is 5.52 Å². The summed E-state index contributed by atoms with van der Waals surface area (Å²) < 4.78 is 6.78. The van der Waals surface area contributed by atoms with Crippen molar-refractivity contribution in [3.63, 3.8) is 0 Å². The van der Waals surface area contributed by atoms with Crippen LogP contribution in [0.3, 0.4) is 0 Å². The van der Waals surface area contributed by atoms with Crippen LogP contribution in [0.5, 0.6) is 0 Å². The van der Waals surface area contributed by atoms with Gasteiger partial charge in [0, 0.05) is 25.2 Å². The summed E-state index contributed by atoms with van der Waals surface area (Å²) in [5.74, 6) is -1.84. The minimum atomic E-state index is -0.826. The van der Waals surface area contributed by atoms with Crippen molar-refractivity contribution in [1.29, 1.82) is 0 Å². The number of rotatable bonds is 6. The molecule has 2 N–H and O–H groups in total. The van der Waals surface area contributed by atoms with Crippen LogP contribution in [0.1, 0.15) is 6.92 Å². The summed E-state index contributed by atoms with van der Waals surface area (Å²) in [7, 11) is 2.72. The van der Waals surface area contributed by atoms with Crippen LogP contribution in [0, 0.1) is 0 Å². The van der Waals surface area contributed by atoms with E-state index in [9.17, 15) is 19.2 Å². The Morgan fingerprint density at radius 1 is 1.12 bits per heavy atom. The number of benzene rings is 1. The number of aromatic nitrogens is 4. The van der Waals surface area contributed by atoms with Gasteiger partial charge in [0.05, 0.1) is 7.11 Å². The average Bonchev–Trinajstić information content (AvgIpc) is 3.10. The number of carbonyl (C=O) groups excluding carboxylic acids is 3. The molecule has 0 spiro atoms. The fraction of sp³-hybridized carbons (Fsp3) is 0.143. The maximum absolute atomic E-state index is 13.1. The summed E-state index contributed by atoms with van der Waals surface area (Å²) in [4.78, 5) is 52.3. The van der Waals surface area contributed by atoms with Crippen LogP contribution in [0.4, 0.5) is 5.69 Å². The molecule has 2 aromatic heterocycles. The highest BCUT2D eigenvalue weighted by atomic mass is 16.5. The summed E-state index contributed by atoms with van der Waals surface area (Å²) in [5, 5.41) is 9.28. The number of fused-ring (bicyclic) bond motifs is 1. The van der Waals surface area contributed by atoms with E-state index in [0.29, 0.717) is 22.5 Å². The number of hydrogen-bond donors (Lipinski definition) is 2. The van der Waals surface area contributed by atoms with Gasteiger partial charge in [-0.25, -0.2) is 9.78 Å². The van der Waals surface area contributed by atoms with Crippen LogP contribution in [0.2, 0.25) is 0 Å². The number of nitrogens with one attached hydrogen (secondary N) is 2. The molecular weight excluding hydrogens is 416 g/mol. The van der Waals surface area contributed by atoms with Gasteiger partial charge in [0.25, 0.3) is 11.5 Å². The van der Waals surface area contributed by atoms with E-state index in [0.717, 1.165) is 18.0 Å². The van der Waals surface area contributed by atoms with E-state index >= 15 is 0 Å². The van der Waals surface area contributed by atoms with Crippen molar-refractivity contribution in [2.45, 2.75) is 6.92 Å². The first-order chi connectivity index (χ1) is 15.1. The SMILES string of the molecule is C=C(NC(=O)C(=C)n1cnc2c(-c3ccc(NC(C)=O)cc3)nn(C)c2c1=O)C(=O)OC. The second-order valence-electron chi connectivity index (χ2n) is 6.72. The Labute approximate surface area is 182 Å². The molecule has 0 unspecified atom stereocenters. The van der Waals surface area contributed by atoms with E-state index in [1.165, 1.54) is 11.6 Å². The van der Waals surface area contributed by atoms with Gasteiger partial charge < -0.3 is 15.4 Å². The Morgan fingerprint density at radius 2 is 1.78 bits per heavy atom. The summed E-state index contributed by atoms with van der Waals surface area (Å²) in [6.07, 6.45) is 1.16. The molecule has 0 atom stereocenters. The fourth-order valence-electron chi connectivity index (χ4n) is 2.95. The molecule has 2 heterocycles. The number of ether oxygens (including phenoxy) is 1. The summed E-state index contributed by atoms with van der Waals surface area (Å²) in [6, 6.07) is 6.90. The summed E-state index contributed by atoms with van der Waals surface area (Å²) in [5.41, 5.74) is 1.09. The largest absolute Gasteiger partial charge is 0.464 e. The number of esters is 1. The molecular formula is C21H20N6O5. The highest BCUT2D eigenvalue weighted by Gasteiger charge is 2.20. The number of carbonyl (C=O) groups is 3. The third kappa shape index (κ3) is 4.17. The lowest BCUT2D eigenvalue weighted by Crippen LogP contribution is -2.33. The zero-order valence-corrected chi connectivity index (χ0v) is 17.6. The van der Waals surface area contributed by atoms with Crippen LogP contribution >= 0.6 is 0 Å². The van der Waals surface area contributed by atoms with Crippen LogP contribution in [-0.4, -0.2) is 44.2 Å². The van der Waals surface area contributed by atoms with Crippen molar-refractivity contribution < 1.29 is 19.1 Å². The molecule has 0 aliphatic heterocycles. The Kier molecular flexibility index (Phi) is 6.01. The molecule has 32 heavy (non-hydrogen) atoms. The molecule has 0 bridgehead atoms. The van der Waals surface area contributed by atoms with Gasteiger partial charge in [-0.1, -0.05) is 25.3 Å². The van der Waals surface area contributed by atoms with E-state index < -0.39 is 17.4 Å². The maximum atomic E-state index is 13.1. The molecule has 11 heteroatoms. The van der Waals surface area contributed by atoms with Crippen molar-refractivity contribution in [2.75, 3.05) is 12.4 Å². The zero-order valence-electron chi connectivity index (χ0n) is 17.6. The van der Waals surface area contributed by atoms with E-state index in [1.807, 2.05) is 0 Å². The highest BCUT2D eigenvalue weighted by Crippen LogP contribution is 2.25. The molecule has 3 rings (SSSR count). The predicted octanol–water partition coefficient (Wildman–Crippen LogP) is 1.03. The van der Waals surface area contributed by atoms with Crippen LogP contribution in [0.15, 0.2) is 54.2 Å². The molecule has 0 aliphatic carbocycles. The van der Waals surface area contributed by atoms with Crippen molar-refractivity contribution in [1.82, 2.24) is 24.6 Å². The molecule has 1 aromatic carbocycles.